The van der Waals surface area contributed by atoms with Gasteiger partial charge in [-0.2, -0.15) is 0 Å². The van der Waals surface area contributed by atoms with E-state index in [1.54, 1.807) is 0 Å². The van der Waals surface area contributed by atoms with E-state index in [-0.39, 0.29) is 23.5 Å². The third-order valence-electron chi connectivity index (χ3n) is 8.78. The van der Waals surface area contributed by atoms with Crippen molar-refractivity contribution < 1.29 is 12.3 Å². The van der Waals surface area contributed by atoms with E-state index >= 15 is 0 Å². The van der Waals surface area contributed by atoms with Crippen molar-refractivity contribution in [2.45, 2.75) is 19.3 Å². The Labute approximate surface area is 245 Å². The van der Waals surface area contributed by atoms with E-state index < -0.39 is 47.7 Å². The summed E-state index contributed by atoms with van der Waals surface area (Å²) in [5, 5.41) is 10.0. The average molecular weight is 519 g/mol. The first-order valence-corrected chi connectivity index (χ1v) is 13.4. The molecular weight excluding hydrogens is 482 g/mol. The number of rotatable bonds is 3. The summed E-state index contributed by atoms with van der Waals surface area (Å²) in [6.45, 7) is 4.41. The van der Waals surface area contributed by atoms with Gasteiger partial charge < -0.3 is 4.90 Å². The highest BCUT2D eigenvalue weighted by Crippen LogP contribution is 2.56. The number of para-hydroxylation sites is 2. The Kier molecular flexibility index (Phi) is 2.86. The van der Waals surface area contributed by atoms with Gasteiger partial charge >= 0.3 is 0 Å². The normalized spacial score (nSPS) is 17.1. The SMILES string of the molecule is [2H]c1cc(N(c2c([2H])c([2H])c([2H])c([2H])c2[2H])c2c3cccc4c3c3c5c(ccc6cccc(c7cccc2c73)c65)C4(C)C)c([2H])c([2H])c1[2H]. The third kappa shape index (κ3) is 2.62. The molecule has 0 aliphatic heterocycles. The van der Waals surface area contributed by atoms with E-state index in [4.69, 9.17) is 12.3 Å². The molecule has 40 heavy (non-hydrogen) atoms. The molecule has 0 heterocycles. The number of fused-ring (bicyclic) bond motifs is 1. The van der Waals surface area contributed by atoms with Gasteiger partial charge in [0.15, 0.2) is 0 Å². The second kappa shape index (κ2) is 7.61. The molecule has 0 amide bonds. The van der Waals surface area contributed by atoms with Gasteiger partial charge in [0.05, 0.1) is 18.0 Å². The zero-order valence-corrected chi connectivity index (χ0v) is 21.9. The van der Waals surface area contributed by atoms with Gasteiger partial charge in [-0.15, -0.1) is 0 Å². The van der Waals surface area contributed by atoms with Gasteiger partial charge in [0.2, 0.25) is 0 Å². The van der Waals surface area contributed by atoms with Crippen LogP contribution < -0.4 is 4.90 Å². The summed E-state index contributed by atoms with van der Waals surface area (Å²) in [5.74, 6) is 0. The lowest BCUT2D eigenvalue weighted by Gasteiger charge is -2.37. The predicted octanol–water partition coefficient (Wildman–Crippen LogP) is 11.0. The van der Waals surface area contributed by atoms with Crippen molar-refractivity contribution in [2.75, 3.05) is 4.90 Å². The van der Waals surface area contributed by atoms with Crippen molar-refractivity contribution in [2.24, 2.45) is 0 Å². The fourth-order valence-corrected chi connectivity index (χ4v) is 7.17. The molecule has 0 fully saturated rings. The zero-order chi connectivity index (χ0) is 34.4. The van der Waals surface area contributed by atoms with Crippen LogP contribution in [0.25, 0.3) is 53.9 Å². The molecule has 8 aromatic carbocycles. The van der Waals surface area contributed by atoms with Crippen LogP contribution in [0, 0.1) is 0 Å². The minimum atomic E-state index is -0.550. The number of benzene rings is 8. The minimum Gasteiger partial charge on any atom is -0.309 e. The quantitative estimate of drug-likeness (QED) is 0.166. The number of nitrogens with zero attached hydrogens (tertiary/aromatic N) is 1. The molecule has 1 heteroatoms. The van der Waals surface area contributed by atoms with E-state index in [1.807, 2.05) is 24.3 Å². The van der Waals surface area contributed by atoms with E-state index in [0.717, 1.165) is 54.0 Å². The van der Waals surface area contributed by atoms with Gasteiger partial charge in [0.25, 0.3) is 0 Å². The van der Waals surface area contributed by atoms with Crippen molar-refractivity contribution in [1.82, 2.24) is 0 Å². The summed E-state index contributed by atoms with van der Waals surface area (Å²) in [6.07, 6.45) is 0. The van der Waals surface area contributed by atoms with Gasteiger partial charge in [0, 0.05) is 32.9 Å². The molecule has 0 unspecified atom stereocenters. The lowest BCUT2D eigenvalue weighted by atomic mass is 9.68. The van der Waals surface area contributed by atoms with Crippen LogP contribution in [0.4, 0.5) is 17.1 Å². The first kappa shape index (κ1) is 15.1. The van der Waals surface area contributed by atoms with Crippen molar-refractivity contribution in [3.8, 4) is 0 Å². The molecule has 0 saturated heterocycles. The maximum Gasteiger partial charge on any atom is 0.0645 e. The van der Waals surface area contributed by atoms with E-state index in [9.17, 15) is 0 Å². The molecule has 0 bridgehead atoms. The highest BCUT2D eigenvalue weighted by molar-refractivity contribution is 6.42. The summed E-state index contributed by atoms with van der Waals surface area (Å²) in [7, 11) is 0. The molecule has 1 nitrogen and oxygen atoms in total. The molecule has 0 spiro atoms. The van der Waals surface area contributed by atoms with Crippen LogP contribution in [0.1, 0.15) is 37.3 Å². The van der Waals surface area contributed by atoms with Gasteiger partial charge in [-0.25, -0.2) is 0 Å². The molecule has 0 aromatic heterocycles. The van der Waals surface area contributed by atoms with Gasteiger partial charge in [-0.3, -0.25) is 0 Å². The Hall–Kier alpha value is -4.88. The van der Waals surface area contributed by atoms with Crippen molar-refractivity contribution in [3.63, 3.8) is 0 Å². The largest absolute Gasteiger partial charge is 0.309 e. The number of anilines is 3. The Morgan fingerprint density at radius 2 is 1.12 bits per heavy atom. The summed E-state index contributed by atoms with van der Waals surface area (Å²) in [4.78, 5) is 1.48. The van der Waals surface area contributed by atoms with Crippen LogP contribution in [-0.4, -0.2) is 0 Å². The average Bonchev–Trinajstić information content (AvgIpc) is 3.10. The summed E-state index contributed by atoms with van der Waals surface area (Å²) in [5.41, 5.74) is 2.10. The van der Waals surface area contributed by atoms with Crippen molar-refractivity contribution in [3.05, 3.63) is 138 Å². The molecule has 1 aliphatic carbocycles. The van der Waals surface area contributed by atoms with E-state index in [1.165, 1.54) is 21.9 Å². The van der Waals surface area contributed by atoms with Crippen molar-refractivity contribution >= 4 is 70.9 Å². The first-order valence-electron chi connectivity index (χ1n) is 17.9. The monoisotopic (exact) mass is 518 g/mol. The summed E-state index contributed by atoms with van der Waals surface area (Å²) < 4.78 is 78.4. The molecular formula is C39H27N. The molecule has 0 atom stereocenters. The highest BCUT2D eigenvalue weighted by Gasteiger charge is 2.35. The zero-order valence-electron chi connectivity index (χ0n) is 30.9. The maximum atomic E-state index is 9.11. The van der Waals surface area contributed by atoms with Crippen molar-refractivity contribution in [1.29, 1.82) is 0 Å². The second-order valence-electron chi connectivity index (χ2n) is 11.1. The Morgan fingerprint density at radius 1 is 0.500 bits per heavy atom. The molecule has 1 aliphatic rings. The standard InChI is InChI=1S/C39H27N/c1-39(2)31-21-11-20-30-35(31)37-34-28(27-17-9-12-24-22-23-32(39)36(37)33(24)27)18-10-19-29(34)38(30)40(25-13-5-3-6-14-25)26-15-7-4-8-16-26/h3-23H,1-2H3/i3D,4D,5D,6D,7D,8D,13D,14D,15D. The van der Waals surface area contributed by atoms with Gasteiger partial charge in [0.1, 0.15) is 0 Å². The topological polar surface area (TPSA) is 3.24 Å². The minimum absolute atomic E-state index is 0.0211. The second-order valence-corrected chi connectivity index (χ2v) is 11.1. The Balaban J connectivity index is 1.61. The highest BCUT2D eigenvalue weighted by atomic mass is 15.1. The molecule has 188 valence electrons. The van der Waals surface area contributed by atoms with Gasteiger partial charge in [-0.1, -0.05) is 117 Å². The third-order valence-corrected chi connectivity index (χ3v) is 8.78. The Bertz CT molecular complexity index is 2780. The molecule has 9 rings (SSSR count). The Morgan fingerprint density at radius 3 is 1.95 bits per heavy atom. The van der Waals surface area contributed by atoms with E-state index in [0.29, 0.717) is 5.69 Å². The molecule has 0 saturated carbocycles. The molecule has 0 N–H and O–H groups in total. The van der Waals surface area contributed by atoms with Crippen LogP contribution >= 0.6 is 0 Å². The van der Waals surface area contributed by atoms with Gasteiger partial charge in [-0.05, 0) is 73.0 Å². The number of hydrogen-bond donors (Lipinski definition) is 0. The number of hydrogen-bond acceptors (Lipinski definition) is 1. The summed E-state index contributed by atoms with van der Waals surface area (Å²) >= 11 is 0. The van der Waals surface area contributed by atoms with Crippen LogP contribution in [0.15, 0.2) is 127 Å². The van der Waals surface area contributed by atoms with E-state index in [2.05, 4.69) is 56.3 Å². The molecule has 0 radical (unpaired) electrons. The lowest BCUT2D eigenvalue weighted by Crippen LogP contribution is -2.23. The molecule has 8 aromatic rings. The smallest absolute Gasteiger partial charge is 0.0645 e. The van der Waals surface area contributed by atoms with Crippen LogP contribution in [-0.2, 0) is 5.41 Å². The van der Waals surface area contributed by atoms with Crippen LogP contribution in [0.3, 0.4) is 0 Å². The van der Waals surface area contributed by atoms with Crippen LogP contribution in [0.5, 0.6) is 0 Å². The maximum absolute atomic E-state index is 9.11. The summed E-state index contributed by atoms with van der Waals surface area (Å²) in [6, 6.07) is 19.8. The fourth-order valence-electron chi connectivity index (χ4n) is 7.17. The first-order chi connectivity index (χ1) is 23.4. The predicted molar refractivity (Wildman–Crippen MR) is 172 cm³/mol. The lowest BCUT2D eigenvalue weighted by molar-refractivity contribution is 0.652. The fraction of sp³-hybridized carbons (Fsp3) is 0.0769. The van der Waals surface area contributed by atoms with Crippen LogP contribution in [0.2, 0.25) is 0 Å².